The van der Waals surface area contributed by atoms with Crippen LogP contribution >= 0.6 is 15.9 Å². The van der Waals surface area contributed by atoms with E-state index < -0.39 is 6.10 Å². The number of aliphatic hydroxyl groups excluding tert-OH is 1. The van der Waals surface area contributed by atoms with Crippen molar-refractivity contribution >= 4 is 26.9 Å². The number of rotatable bonds is 2. The first-order chi connectivity index (χ1) is 9.49. The summed E-state index contributed by atoms with van der Waals surface area (Å²) >= 11 is 3.35. The van der Waals surface area contributed by atoms with Crippen LogP contribution in [-0.4, -0.2) is 14.9 Å². The molecular formula is C14H12BrFN2O2. The molecule has 0 radical (unpaired) electrons. The Bertz CT molecular complexity index is 774. The van der Waals surface area contributed by atoms with Crippen LogP contribution in [0, 0.1) is 12.7 Å². The second-order valence-electron chi connectivity index (χ2n) is 4.64. The fraction of sp³-hybridized carbons (Fsp3) is 0.214. The van der Waals surface area contributed by atoms with Gasteiger partial charge in [0.1, 0.15) is 17.2 Å². The van der Waals surface area contributed by atoms with E-state index in [4.69, 9.17) is 4.42 Å². The molecule has 0 aliphatic heterocycles. The molecule has 0 aliphatic rings. The van der Waals surface area contributed by atoms with Crippen LogP contribution in [0.15, 0.2) is 33.3 Å². The van der Waals surface area contributed by atoms with Gasteiger partial charge in [0.15, 0.2) is 6.10 Å². The van der Waals surface area contributed by atoms with Crippen LogP contribution in [-0.2, 0) is 7.05 Å². The molecule has 1 atom stereocenters. The molecule has 0 amide bonds. The molecule has 2 aromatic heterocycles. The molecule has 0 saturated carbocycles. The Morgan fingerprint density at radius 1 is 1.45 bits per heavy atom. The van der Waals surface area contributed by atoms with Crippen LogP contribution in [0.1, 0.15) is 23.1 Å². The van der Waals surface area contributed by atoms with Gasteiger partial charge in [0.2, 0.25) is 0 Å². The number of aromatic nitrogens is 2. The molecule has 1 aromatic carbocycles. The average Bonchev–Trinajstić information content (AvgIpc) is 2.91. The van der Waals surface area contributed by atoms with E-state index >= 15 is 0 Å². The molecule has 6 heteroatoms. The van der Waals surface area contributed by atoms with Crippen LogP contribution in [0.3, 0.4) is 0 Å². The maximum atomic E-state index is 13.3. The van der Waals surface area contributed by atoms with Crippen LogP contribution < -0.4 is 0 Å². The molecule has 0 aliphatic carbocycles. The Labute approximate surface area is 122 Å². The highest BCUT2D eigenvalue weighted by Crippen LogP contribution is 2.35. The molecular weight excluding hydrogens is 327 g/mol. The lowest BCUT2D eigenvalue weighted by Gasteiger charge is -2.10. The number of hydrogen-bond donors (Lipinski definition) is 1. The number of benzene rings is 1. The van der Waals surface area contributed by atoms with Crippen molar-refractivity contribution in [3.63, 3.8) is 0 Å². The summed E-state index contributed by atoms with van der Waals surface area (Å²) in [5.41, 5.74) is 1.86. The van der Waals surface area contributed by atoms with Gasteiger partial charge in [-0.1, -0.05) is 0 Å². The van der Waals surface area contributed by atoms with Gasteiger partial charge < -0.3 is 9.52 Å². The first kappa shape index (κ1) is 13.3. The van der Waals surface area contributed by atoms with Crippen LogP contribution in [0.5, 0.6) is 0 Å². The van der Waals surface area contributed by atoms with Gasteiger partial charge in [0.25, 0.3) is 0 Å². The van der Waals surface area contributed by atoms with E-state index in [0.717, 1.165) is 5.56 Å². The molecule has 0 fully saturated rings. The molecule has 2 heterocycles. The van der Waals surface area contributed by atoms with E-state index in [1.807, 2.05) is 0 Å². The second kappa shape index (κ2) is 4.71. The third-order valence-electron chi connectivity index (χ3n) is 3.38. The van der Waals surface area contributed by atoms with Crippen molar-refractivity contribution in [2.75, 3.05) is 0 Å². The summed E-state index contributed by atoms with van der Waals surface area (Å²) in [4.78, 5) is 0. The summed E-state index contributed by atoms with van der Waals surface area (Å²) < 4.78 is 21.2. The fourth-order valence-corrected chi connectivity index (χ4v) is 2.89. The van der Waals surface area contributed by atoms with E-state index in [1.54, 1.807) is 30.9 Å². The summed E-state index contributed by atoms with van der Waals surface area (Å²) in [6, 6.07) is 4.30. The van der Waals surface area contributed by atoms with Crippen LogP contribution in [0.4, 0.5) is 4.39 Å². The number of fused-ring (bicyclic) bond motifs is 1. The zero-order valence-corrected chi connectivity index (χ0v) is 12.5. The molecule has 1 unspecified atom stereocenters. The summed E-state index contributed by atoms with van der Waals surface area (Å²) in [6.45, 7) is 1.80. The largest absolute Gasteiger partial charge is 0.458 e. The highest BCUT2D eigenvalue weighted by Gasteiger charge is 2.24. The van der Waals surface area contributed by atoms with Crippen molar-refractivity contribution in [2.24, 2.45) is 7.05 Å². The first-order valence-electron chi connectivity index (χ1n) is 6.03. The Morgan fingerprint density at radius 2 is 2.20 bits per heavy atom. The van der Waals surface area contributed by atoms with Gasteiger partial charge in [0, 0.05) is 18.0 Å². The maximum absolute atomic E-state index is 13.3. The van der Waals surface area contributed by atoms with Crippen molar-refractivity contribution in [3.8, 4) is 0 Å². The van der Waals surface area contributed by atoms with Crippen molar-refractivity contribution in [3.05, 3.63) is 51.7 Å². The predicted molar refractivity (Wildman–Crippen MR) is 75.9 cm³/mol. The molecule has 3 aromatic rings. The summed E-state index contributed by atoms with van der Waals surface area (Å²) in [5, 5.41) is 15.2. The fourth-order valence-electron chi connectivity index (χ4n) is 2.32. The molecule has 0 saturated heterocycles. The van der Waals surface area contributed by atoms with Gasteiger partial charge in [-0.25, -0.2) is 4.39 Å². The Morgan fingerprint density at radius 3 is 2.85 bits per heavy atom. The number of hydrogen-bond acceptors (Lipinski definition) is 3. The highest BCUT2D eigenvalue weighted by molar-refractivity contribution is 9.10. The zero-order valence-electron chi connectivity index (χ0n) is 10.9. The smallest absolute Gasteiger partial charge is 0.154 e. The minimum atomic E-state index is -0.965. The standard InChI is InChI=1S/C14H12BrFN2O2/c1-7-9-5-8(16)3-4-11(9)20-14(7)13(19)12-10(15)6-17-18(12)2/h3-6,13,19H,1-2H3. The maximum Gasteiger partial charge on any atom is 0.154 e. The quantitative estimate of drug-likeness (QED) is 0.778. The number of aryl methyl sites for hydroxylation is 2. The summed E-state index contributed by atoms with van der Waals surface area (Å²) in [6.07, 6.45) is 0.642. The molecule has 1 N–H and O–H groups in total. The van der Waals surface area contributed by atoms with Gasteiger partial charge >= 0.3 is 0 Å². The number of nitrogens with zero attached hydrogens (tertiary/aromatic N) is 2. The predicted octanol–water partition coefficient (Wildman–Crippen LogP) is 3.46. The van der Waals surface area contributed by atoms with Crippen molar-refractivity contribution in [2.45, 2.75) is 13.0 Å². The SMILES string of the molecule is Cc1c(C(O)c2c(Br)cnn2C)oc2ccc(F)cc12. The molecule has 20 heavy (non-hydrogen) atoms. The molecule has 0 bridgehead atoms. The lowest BCUT2D eigenvalue weighted by Crippen LogP contribution is -2.07. The third kappa shape index (κ3) is 1.96. The van der Waals surface area contributed by atoms with E-state index in [2.05, 4.69) is 21.0 Å². The van der Waals surface area contributed by atoms with Crippen molar-refractivity contribution in [1.82, 2.24) is 9.78 Å². The first-order valence-corrected chi connectivity index (χ1v) is 6.82. The Balaban J connectivity index is 2.17. The van der Waals surface area contributed by atoms with Crippen LogP contribution in [0.2, 0.25) is 0 Å². The molecule has 0 spiro atoms. The topological polar surface area (TPSA) is 51.2 Å². The van der Waals surface area contributed by atoms with Gasteiger partial charge in [-0.3, -0.25) is 4.68 Å². The van der Waals surface area contributed by atoms with Gasteiger partial charge in [-0.15, -0.1) is 0 Å². The van der Waals surface area contributed by atoms with E-state index in [9.17, 15) is 9.50 Å². The monoisotopic (exact) mass is 338 g/mol. The van der Waals surface area contributed by atoms with Crippen molar-refractivity contribution < 1.29 is 13.9 Å². The number of aliphatic hydroxyl groups is 1. The second-order valence-corrected chi connectivity index (χ2v) is 5.49. The minimum absolute atomic E-state index is 0.329. The number of halogens is 2. The Kier molecular flexibility index (Phi) is 3.14. The Hall–Kier alpha value is -1.66. The summed E-state index contributed by atoms with van der Waals surface area (Å²) in [7, 11) is 1.74. The third-order valence-corrected chi connectivity index (χ3v) is 3.99. The van der Waals surface area contributed by atoms with Crippen LogP contribution in [0.25, 0.3) is 11.0 Å². The average molecular weight is 339 g/mol. The summed E-state index contributed by atoms with van der Waals surface area (Å²) in [5.74, 6) is 0.0686. The lowest BCUT2D eigenvalue weighted by atomic mass is 10.1. The highest BCUT2D eigenvalue weighted by atomic mass is 79.9. The van der Waals surface area contributed by atoms with E-state index in [1.165, 1.54) is 12.1 Å². The molecule has 104 valence electrons. The normalized spacial score (nSPS) is 13.1. The molecule has 4 nitrogen and oxygen atoms in total. The van der Waals surface area contributed by atoms with Gasteiger partial charge in [0.05, 0.1) is 16.4 Å². The van der Waals surface area contributed by atoms with E-state index in [-0.39, 0.29) is 5.82 Å². The van der Waals surface area contributed by atoms with Crippen molar-refractivity contribution in [1.29, 1.82) is 0 Å². The van der Waals surface area contributed by atoms with Gasteiger partial charge in [-0.05, 0) is 41.1 Å². The molecule has 3 rings (SSSR count). The van der Waals surface area contributed by atoms with Gasteiger partial charge in [-0.2, -0.15) is 5.10 Å². The minimum Gasteiger partial charge on any atom is -0.458 e. The lowest BCUT2D eigenvalue weighted by molar-refractivity contribution is 0.181. The zero-order chi connectivity index (χ0) is 14.4. The number of furan rings is 1. The van der Waals surface area contributed by atoms with E-state index in [0.29, 0.717) is 26.9 Å².